The van der Waals surface area contributed by atoms with E-state index >= 15 is 0 Å². The molecular formula is C18H23N3O2S. The Hall–Kier alpha value is -1.69. The van der Waals surface area contributed by atoms with Gasteiger partial charge in [-0.2, -0.15) is 4.98 Å². The number of thiophene rings is 1. The summed E-state index contributed by atoms with van der Waals surface area (Å²) < 4.78 is 5.43. The highest BCUT2D eigenvalue weighted by Gasteiger charge is 2.46. The van der Waals surface area contributed by atoms with E-state index in [0.717, 1.165) is 25.1 Å². The van der Waals surface area contributed by atoms with E-state index in [9.17, 15) is 4.79 Å². The molecule has 0 spiro atoms. The van der Waals surface area contributed by atoms with Crippen molar-refractivity contribution < 1.29 is 9.32 Å². The zero-order valence-corrected chi connectivity index (χ0v) is 15.1. The van der Waals surface area contributed by atoms with Crippen molar-refractivity contribution in [2.45, 2.75) is 57.9 Å². The number of hydrogen-bond acceptors (Lipinski definition) is 5. The molecule has 0 aromatic carbocycles. The Kier molecular flexibility index (Phi) is 3.95. The van der Waals surface area contributed by atoms with Gasteiger partial charge in [0.05, 0.1) is 0 Å². The second-order valence-electron chi connectivity index (χ2n) is 7.41. The van der Waals surface area contributed by atoms with Gasteiger partial charge in [-0.05, 0) is 49.1 Å². The fourth-order valence-electron chi connectivity index (χ4n) is 3.19. The summed E-state index contributed by atoms with van der Waals surface area (Å²) in [5.41, 5.74) is 1.30. The molecule has 128 valence electrons. The summed E-state index contributed by atoms with van der Waals surface area (Å²) in [4.78, 5) is 18.5. The van der Waals surface area contributed by atoms with Crippen LogP contribution in [0.1, 0.15) is 73.1 Å². The quantitative estimate of drug-likeness (QED) is 0.861. The SMILES string of the molecule is Cc1ccsc1C1CC1C(=O)NC(c1nc(C2CC2)no1)C(C)C. The second kappa shape index (κ2) is 5.99. The summed E-state index contributed by atoms with van der Waals surface area (Å²) in [5.74, 6) is 2.57. The highest BCUT2D eigenvalue weighted by Crippen LogP contribution is 2.50. The number of rotatable bonds is 6. The normalized spacial score (nSPS) is 24.2. The van der Waals surface area contributed by atoms with E-state index in [1.165, 1.54) is 10.4 Å². The number of amides is 1. The Labute approximate surface area is 145 Å². The number of carbonyl (C=O) groups is 1. The topological polar surface area (TPSA) is 68.0 Å². The Morgan fingerprint density at radius 3 is 2.83 bits per heavy atom. The average Bonchev–Trinajstić information content (AvgIpc) is 3.46. The average molecular weight is 345 g/mol. The molecule has 2 heterocycles. The standard InChI is InChI=1S/C18H23N3O2S/c1-9(2)14(18-20-16(21-23-18)11-4-5-11)19-17(22)13-8-12(13)15-10(3)6-7-24-15/h6-7,9,11-14H,4-5,8H2,1-3H3,(H,19,22). The Bertz CT molecular complexity index is 747. The van der Waals surface area contributed by atoms with Crippen LogP contribution in [0.3, 0.4) is 0 Å². The van der Waals surface area contributed by atoms with Crippen molar-refractivity contribution in [3.05, 3.63) is 33.6 Å². The predicted molar refractivity (Wildman–Crippen MR) is 91.9 cm³/mol. The Morgan fingerprint density at radius 1 is 1.42 bits per heavy atom. The summed E-state index contributed by atoms with van der Waals surface area (Å²) in [6.45, 7) is 6.26. The van der Waals surface area contributed by atoms with Gasteiger partial charge in [0.1, 0.15) is 6.04 Å². The molecule has 3 unspecified atom stereocenters. The first-order chi connectivity index (χ1) is 11.5. The van der Waals surface area contributed by atoms with Gasteiger partial charge >= 0.3 is 0 Å². The Balaban J connectivity index is 1.43. The lowest BCUT2D eigenvalue weighted by atomic mass is 10.0. The minimum Gasteiger partial charge on any atom is -0.344 e. The van der Waals surface area contributed by atoms with Gasteiger partial charge < -0.3 is 9.84 Å². The summed E-state index contributed by atoms with van der Waals surface area (Å²) in [7, 11) is 0. The minimum atomic E-state index is -0.205. The van der Waals surface area contributed by atoms with Gasteiger partial charge in [-0.3, -0.25) is 4.79 Å². The van der Waals surface area contributed by atoms with E-state index in [1.807, 2.05) is 0 Å². The van der Waals surface area contributed by atoms with Crippen LogP contribution in [0.4, 0.5) is 0 Å². The molecular weight excluding hydrogens is 322 g/mol. The number of carbonyl (C=O) groups excluding carboxylic acids is 1. The number of nitrogens with one attached hydrogen (secondary N) is 1. The molecule has 0 bridgehead atoms. The largest absolute Gasteiger partial charge is 0.344 e. The maximum Gasteiger partial charge on any atom is 0.249 e. The van der Waals surface area contributed by atoms with Crippen LogP contribution in [0.25, 0.3) is 0 Å². The molecule has 0 aliphatic heterocycles. The maximum absolute atomic E-state index is 12.7. The molecule has 2 aromatic heterocycles. The van der Waals surface area contributed by atoms with E-state index in [0.29, 0.717) is 17.7 Å². The van der Waals surface area contributed by atoms with E-state index in [1.54, 1.807) is 11.3 Å². The molecule has 6 heteroatoms. The summed E-state index contributed by atoms with van der Waals surface area (Å²) in [6.07, 6.45) is 3.22. The third-order valence-electron chi connectivity index (χ3n) is 5.00. The molecule has 5 nitrogen and oxygen atoms in total. The smallest absolute Gasteiger partial charge is 0.249 e. The highest BCUT2D eigenvalue weighted by atomic mass is 32.1. The van der Waals surface area contributed by atoms with Crippen molar-refractivity contribution >= 4 is 17.2 Å². The highest BCUT2D eigenvalue weighted by molar-refractivity contribution is 7.10. The van der Waals surface area contributed by atoms with Crippen molar-refractivity contribution in [1.82, 2.24) is 15.5 Å². The monoisotopic (exact) mass is 345 g/mol. The molecule has 0 saturated heterocycles. The molecule has 1 amide bonds. The molecule has 2 aromatic rings. The molecule has 4 rings (SSSR count). The number of nitrogens with zero attached hydrogens (tertiary/aromatic N) is 2. The van der Waals surface area contributed by atoms with Crippen LogP contribution in [-0.2, 0) is 4.79 Å². The van der Waals surface area contributed by atoms with Gasteiger partial charge in [-0.15, -0.1) is 11.3 Å². The fourth-order valence-corrected chi connectivity index (χ4v) is 4.30. The molecule has 2 fully saturated rings. The molecule has 24 heavy (non-hydrogen) atoms. The third kappa shape index (κ3) is 2.99. The van der Waals surface area contributed by atoms with Crippen LogP contribution in [0.5, 0.6) is 0 Å². The summed E-state index contributed by atoms with van der Waals surface area (Å²) >= 11 is 1.76. The van der Waals surface area contributed by atoms with Gasteiger partial charge in [0.25, 0.3) is 0 Å². The molecule has 1 N–H and O–H groups in total. The van der Waals surface area contributed by atoms with E-state index in [2.05, 4.69) is 47.7 Å². The van der Waals surface area contributed by atoms with Crippen molar-refractivity contribution in [2.24, 2.45) is 11.8 Å². The Morgan fingerprint density at radius 2 is 2.21 bits per heavy atom. The van der Waals surface area contributed by atoms with Crippen molar-refractivity contribution in [3.63, 3.8) is 0 Å². The lowest BCUT2D eigenvalue weighted by Crippen LogP contribution is -2.33. The van der Waals surface area contributed by atoms with E-state index < -0.39 is 0 Å². The van der Waals surface area contributed by atoms with Crippen LogP contribution < -0.4 is 5.32 Å². The third-order valence-corrected chi connectivity index (χ3v) is 6.15. The molecule has 0 radical (unpaired) electrons. The first-order valence-electron chi connectivity index (χ1n) is 8.72. The first kappa shape index (κ1) is 15.8. The summed E-state index contributed by atoms with van der Waals surface area (Å²) in [6, 6.07) is 1.92. The van der Waals surface area contributed by atoms with Crippen LogP contribution in [0.2, 0.25) is 0 Å². The van der Waals surface area contributed by atoms with Crippen LogP contribution >= 0.6 is 11.3 Å². The lowest BCUT2D eigenvalue weighted by Gasteiger charge is -2.18. The predicted octanol–water partition coefficient (Wildman–Crippen LogP) is 3.93. The second-order valence-corrected chi connectivity index (χ2v) is 8.36. The van der Waals surface area contributed by atoms with E-state index in [-0.39, 0.29) is 23.8 Å². The number of aromatic nitrogens is 2. The molecule has 3 atom stereocenters. The summed E-state index contributed by atoms with van der Waals surface area (Å²) in [5, 5.41) is 9.33. The molecule has 2 aliphatic carbocycles. The zero-order valence-electron chi connectivity index (χ0n) is 14.3. The van der Waals surface area contributed by atoms with Crippen LogP contribution in [-0.4, -0.2) is 16.0 Å². The van der Waals surface area contributed by atoms with Gasteiger partial charge in [0, 0.05) is 22.6 Å². The van der Waals surface area contributed by atoms with Crippen LogP contribution in [0.15, 0.2) is 16.0 Å². The first-order valence-corrected chi connectivity index (χ1v) is 9.60. The zero-order chi connectivity index (χ0) is 16.8. The van der Waals surface area contributed by atoms with Crippen molar-refractivity contribution in [2.75, 3.05) is 0 Å². The van der Waals surface area contributed by atoms with Gasteiger partial charge in [0.2, 0.25) is 11.8 Å². The number of hydrogen-bond donors (Lipinski definition) is 1. The molecule has 2 saturated carbocycles. The minimum absolute atomic E-state index is 0.0782. The maximum atomic E-state index is 12.7. The van der Waals surface area contributed by atoms with Gasteiger partial charge in [-0.25, -0.2) is 0 Å². The van der Waals surface area contributed by atoms with Gasteiger partial charge in [-0.1, -0.05) is 19.0 Å². The molecule has 2 aliphatic rings. The number of aryl methyl sites for hydroxylation is 1. The van der Waals surface area contributed by atoms with Crippen molar-refractivity contribution in [1.29, 1.82) is 0 Å². The van der Waals surface area contributed by atoms with Gasteiger partial charge in [0.15, 0.2) is 5.82 Å². The van der Waals surface area contributed by atoms with E-state index in [4.69, 9.17) is 4.52 Å². The van der Waals surface area contributed by atoms with Crippen LogP contribution in [0, 0.1) is 18.8 Å². The van der Waals surface area contributed by atoms with Crippen molar-refractivity contribution in [3.8, 4) is 0 Å². The fraction of sp³-hybridized carbons (Fsp3) is 0.611. The lowest BCUT2D eigenvalue weighted by molar-refractivity contribution is -0.123.